The number of hydrogen-bond donors (Lipinski definition) is 2. The molecule has 33 heavy (non-hydrogen) atoms. The molecule has 0 aliphatic carbocycles. The number of ether oxygens (including phenoxy) is 1. The Hall–Kier alpha value is -3.04. The number of nitro benzene ring substituents is 1. The molecule has 2 aromatic carbocycles. The maximum Gasteiger partial charge on any atom is 0.297 e. The summed E-state index contributed by atoms with van der Waals surface area (Å²) in [6, 6.07) is 11.9. The van der Waals surface area contributed by atoms with Crippen molar-refractivity contribution >= 4 is 45.7 Å². The molecule has 0 spiro atoms. The second kappa shape index (κ2) is 11.7. The Morgan fingerprint density at radius 1 is 1.24 bits per heavy atom. The van der Waals surface area contributed by atoms with Crippen LogP contribution in [0.4, 0.5) is 11.4 Å². The van der Waals surface area contributed by atoms with Crippen LogP contribution in [0.3, 0.4) is 0 Å². The molecule has 0 radical (unpaired) electrons. The summed E-state index contributed by atoms with van der Waals surface area (Å²) in [5, 5.41) is 22.1. The average molecular weight is 489 g/mol. The fourth-order valence-electron chi connectivity index (χ4n) is 3.39. The van der Waals surface area contributed by atoms with Crippen molar-refractivity contribution in [3.63, 3.8) is 0 Å². The van der Waals surface area contributed by atoms with Gasteiger partial charge in [0.25, 0.3) is 5.69 Å². The van der Waals surface area contributed by atoms with Gasteiger partial charge in [0.05, 0.1) is 15.5 Å². The lowest BCUT2D eigenvalue weighted by atomic mass is 10.0. The molecule has 1 aliphatic rings. The molecule has 1 fully saturated rings. The number of Topliss-reactive ketones (excluding diaryl/α,β-unsaturated/α-hetero) is 1. The number of carbonyl (C=O) groups is 1. The lowest BCUT2D eigenvalue weighted by Crippen LogP contribution is -2.19. The van der Waals surface area contributed by atoms with E-state index >= 15 is 0 Å². The smallest absolute Gasteiger partial charge is 0.297 e. The number of allylic oxidation sites excluding steroid dienone is 1. The maximum atomic E-state index is 13.3. The van der Waals surface area contributed by atoms with Crippen LogP contribution >= 0.6 is 11.6 Å². The number of halogens is 1. The SMILES string of the molecule is CN/C(OCc1ccccc1)=C(\C=N)C(=O)c1ccc([N+](=O)[O-])c(N=S2CCCCC2)c1Cl. The number of nitrogens with one attached hydrogen (secondary N) is 2. The molecular weight excluding hydrogens is 464 g/mol. The first-order valence-corrected chi connectivity index (χ1v) is 12.4. The number of benzene rings is 2. The first kappa shape index (κ1) is 24.6. The van der Waals surface area contributed by atoms with Gasteiger partial charge in [-0.1, -0.05) is 59.0 Å². The summed E-state index contributed by atoms with van der Waals surface area (Å²) in [7, 11) is 1.21. The summed E-state index contributed by atoms with van der Waals surface area (Å²) in [5.41, 5.74) is 0.680. The molecule has 2 N–H and O–H groups in total. The van der Waals surface area contributed by atoms with Crippen LogP contribution in [-0.2, 0) is 22.0 Å². The third-order valence-electron chi connectivity index (χ3n) is 5.10. The van der Waals surface area contributed by atoms with Gasteiger partial charge in [0.15, 0.2) is 11.6 Å². The molecule has 174 valence electrons. The minimum absolute atomic E-state index is 0.0262. The van der Waals surface area contributed by atoms with Crippen LogP contribution in [0, 0.1) is 15.5 Å². The highest BCUT2D eigenvalue weighted by Gasteiger charge is 2.26. The van der Waals surface area contributed by atoms with Crippen molar-refractivity contribution in [3.8, 4) is 0 Å². The number of hydrogen-bond acceptors (Lipinski definition) is 7. The first-order chi connectivity index (χ1) is 16.0. The van der Waals surface area contributed by atoms with Gasteiger partial charge < -0.3 is 15.5 Å². The molecule has 0 bridgehead atoms. The van der Waals surface area contributed by atoms with Crippen molar-refractivity contribution in [2.45, 2.75) is 25.9 Å². The number of rotatable bonds is 9. The van der Waals surface area contributed by atoms with Crippen LogP contribution in [0.2, 0.25) is 5.02 Å². The van der Waals surface area contributed by atoms with Gasteiger partial charge in [-0.2, -0.15) is 0 Å². The monoisotopic (exact) mass is 488 g/mol. The van der Waals surface area contributed by atoms with Crippen molar-refractivity contribution < 1.29 is 14.5 Å². The van der Waals surface area contributed by atoms with Gasteiger partial charge in [0, 0.05) is 36.4 Å². The highest BCUT2D eigenvalue weighted by Crippen LogP contribution is 2.39. The Labute approximate surface area is 199 Å². The van der Waals surface area contributed by atoms with E-state index in [4.69, 9.17) is 21.7 Å². The molecule has 1 saturated heterocycles. The molecule has 2 aromatic rings. The Kier molecular flexibility index (Phi) is 8.73. The van der Waals surface area contributed by atoms with E-state index in [1.807, 2.05) is 30.3 Å². The first-order valence-electron chi connectivity index (χ1n) is 10.5. The van der Waals surface area contributed by atoms with E-state index < -0.39 is 10.7 Å². The van der Waals surface area contributed by atoms with Crippen molar-refractivity contribution in [2.24, 2.45) is 4.36 Å². The van der Waals surface area contributed by atoms with Crippen LogP contribution in [0.15, 0.2) is 58.3 Å². The molecule has 1 heterocycles. The predicted molar refractivity (Wildman–Crippen MR) is 132 cm³/mol. The fourth-order valence-corrected chi connectivity index (χ4v) is 5.64. The molecule has 0 aromatic heterocycles. The third kappa shape index (κ3) is 6.06. The van der Waals surface area contributed by atoms with Gasteiger partial charge >= 0.3 is 0 Å². The highest BCUT2D eigenvalue weighted by atomic mass is 35.5. The van der Waals surface area contributed by atoms with E-state index in [0.717, 1.165) is 42.5 Å². The zero-order chi connectivity index (χ0) is 23.8. The molecule has 0 atom stereocenters. The number of nitro groups is 1. The van der Waals surface area contributed by atoms with Crippen LogP contribution in [0.5, 0.6) is 0 Å². The van der Waals surface area contributed by atoms with Gasteiger partial charge in [-0.25, -0.2) is 4.36 Å². The zero-order valence-corrected chi connectivity index (χ0v) is 19.7. The molecule has 1 aliphatic heterocycles. The fraction of sp³-hybridized carbons (Fsp3) is 0.304. The van der Waals surface area contributed by atoms with E-state index in [1.165, 1.54) is 12.1 Å². The lowest BCUT2D eigenvalue weighted by molar-refractivity contribution is -0.384. The quantitative estimate of drug-likeness (QED) is 0.123. The number of ketones is 1. The summed E-state index contributed by atoms with van der Waals surface area (Å²) >= 11 is 6.52. The molecule has 0 saturated carbocycles. The van der Waals surface area contributed by atoms with Gasteiger partial charge in [-0.3, -0.25) is 14.9 Å². The molecule has 0 amide bonds. The lowest BCUT2D eigenvalue weighted by Gasteiger charge is -2.16. The predicted octanol–water partition coefficient (Wildman–Crippen LogP) is 5.35. The maximum absolute atomic E-state index is 13.3. The second-order valence-corrected chi connectivity index (χ2v) is 9.62. The largest absolute Gasteiger partial charge is 0.474 e. The summed E-state index contributed by atoms with van der Waals surface area (Å²) in [6.07, 6.45) is 4.04. The van der Waals surface area contributed by atoms with Crippen LogP contribution in [0.1, 0.15) is 35.2 Å². The van der Waals surface area contributed by atoms with E-state index in [2.05, 4.69) is 9.68 Å². The average Bonchev–Trinajstić information content (AvgIpc) is 2.83. The van der Waals surface area contributed by atoms with E-state index in [-0.39, 0.29) is 50.7 Å². The van der Waals surface area contributed by atoms with Gasteiger partial charge in [0.2, 0.25) is 5.78 Å². The second-order valence-electron chi connectivity index (χ2n) is 7.32. The van der Waals surface area contributed by atoms with Crippen LogP contribution in [0.25, 0.3) is 0 Å². The standard InChI is InChI=1S/C23H25ClN4O4S/c1-26-23(32-15-16-8-4-2-5-9-16)18(14-25)22(29)17-10-11-19(28(30)31)21(20(17)24)27-33-12-6-3-7-13-33/h2,4-5,8-11,14,25-26H,3,6-7,12-13,15H2,1H3/b23-18-,25-14?. The Bertz CT molecular complexity index is 1110. The van der Waals surface area contributed by atoms with Gasteiger partial charge in [-0.05, 0) is 24.5 Å². The summed E-state index contributed by atoms with van der Waals surface area (Å²) < 4.78 is 10.3. The van der Waals surface area contributed by atoms with E-state index in [1.54, 1.807) is 7.05 Å². The Morgan fingerprint density at radius 3 is 2.55 bits per heavy atom. The Morgan fingerprint density at radius 2 is 1.94 bits per heavy atom. The summed E-state index contributed by atoms with van der Waals surface area (Å²) in [5.74, 6) is 1.25. The highest BCUT2D eigenvalue weighted by molar-refractivity contribution is 7.87. The molecule has 10 heteroatoms. The van der Waals surface area contributed by atoms with Crippen molar-refractivity contribution in [2.75, 3.05) is 18.6 Å². The minimum atomic E-state index is -0.578. The van der Waals surface area contributed by atoms with Crippen molar-refractivity contribution in [1.82, 2.24) is 5.32 Å². The third-order valence-corrected chi connectivity index (χ3v) is 7.45. The van der Waals surface area contributed by atoms with Gasteiger partial charge in [-0.15, -0.1) is 0 Å². The summed E-state index contributed by atoms with van der Waals surface area (Å²) in [4.78, 5) is 24.4. The molecule has 8 nitrogen and oxygen atoms in total. The molecule has 3 rings (SSSR count). The minimum Gasteiger partial charge on any atom is -0.474 e. The summed E-state index contributed by atoms with van der Waals surface area (Å²) in [6.45, 7) is 0.193. The van der Waals surface area contributed by atoms with Crippen molar-refractivity contribution in [3.05, 3.63) is 80.2 Å². The Balaban J connectivity index is 1.99. The number of nitrogens with zero attached hydrogens (tertiary/aromatic N) is 2. The molecule has 0 unspecified atom stereocenters. The van der Waals surface area contributed by atoms with Crippen LogP contribution in [-0.4, -0.2) is 35.5 Å². The normalized spacial score (nSPS) is 14.7. The topological polar surface area (TPSA) is 118 Å². The van der Waals surface area contributed by atoms with Crippen molar-refractivity contribution in [1.29, 1.82) is 5.41 Å². The van der Waals surface area contributed by atoms with Crippen LogP contribution < -0.4 is 5.32 Å². The zero-order valence-electron chi connectivity index (χ0n) is 18.2. The van der Waals surface area contributed by atoms with E-state index in [9.17, 15) is 14.9 Å². The van der Waals surface area contributed by atoms with E-state index in [0.29, 0.717) is 0 Å². The van der Waals surface area contributed by atoms with Gasteiger partial charge in [0.1, 0.15) is 6.61 Å². The number of carbonyl (C=O) groups excluding carboxylic acids is 1. The molecular formula is C23H25ClN4O4S.